The fraction of sp³-hybridized carbons (Fsp3) is 0. The summed E-state index contributed by atoms with van der Waals surface area (Å²) in [7, 11) is 0. The molecular formula is C23H13N3O2. The molecule has 0 bridgehead atoms. The SMILES string of the molecule is O=c1oc2ccc3ccccc3c2cc1-c1ccnc2nc3ccccc3n12. The number of para-hydroxylation sites is 2. The zero-order valence-electron chi connectivity index (χ0n) is 14.7. The molecule has 0 fully saturated rings. The third-order valence-electron chi connectivity index (χ3n) is 5.12. The lowest BCUT2D eigenvalue weighted by atomic mass is 10.0. The minimum atomic E-state index is -0.381. The molecule has 0 aliphatic carbocycles. The molecule has 0 amide bonds. The van der Waals surface area contributed by atoms with E-state index in [1.54, 1.807) is 6.20 Å². The van der Waals surface area contributed by atoms with Gasteiger partial charge in [-0.25, -0.2) is 14.8 Å². The van der Waals surface area contributed by atoms with E-state index >= 15 is 0 Å². The summed E-state index contributed by atoms with van der Waals surface area (Å²) in [6.07, 6.45) is 1.67. The Morgan fingerprint density at radius 1 is 0.857 bits per heavy atom. The largest absolute Gasteiger partial charge is 0.422 e. The first kappa shape index (κ1) is 15.1. The molecule has 3 heterocycles. The van der Waals surface area contributed by atoms with Crippen LogP contribution < -0.4 is 5.63 Å². The average Bonchev–Trinajstić information content (AvgIpc) is 3.12. The molecule has 0 N–H and O–H groups in total. The van der Waals surface area contributed by atoms with Crippen molar-refractivity contribution in [1.29, 1.82) is 0 Å². The number of benzene rings is 3. The van der Waals surface area contributed by atoms with Gasteiger partial charge in [-0.05, 0) is 41.1 Å². The maximum Gasteiger partial charge on any atom is 0.345 e. The van der Waals surface area contributed by atoms with Crippen molar-refractivity contribution in [3.05, 3.63) is 89.4 Å². The van der Waals surface area contributed by atoms with Crippen LogP contribution in [0.1, 0.15) is 0 Å². The highest BCUT2D eigenvalue weighted by molar-refractivity contribution is 6.06. The summed E-state index contributed by atoms with van der Waals surface area (Å²) in [5, 5.41) is 3.05. The lowest BCUT2D eigenvalue weighted by molar-refractivity contribution is 0.563. The van der Waals surface area contributed by atoms with Crippen molar-refractivity contribution in [2.45, 2.75) is 0 Å². The molecule has 132 valence electrons. The maximum atomic E-state index is 12.9. The van der Waals surface area contributed by atoms with Gasteiger partial charge >= 0.3 is 5.63 Å². The molecule has 0 saturated carbocycles. The van der Waals surface area contributed by atoms with Crippen LogP contribution in [-0.4, -0.2) is 14.4 Å². The Hall–Kier alpha value is -3.99. The molecule has 3 aromatic heterocycles. The van der Waals surface area contributed by atoms with E-state index in [0.29, 0.717) is 22.6 Å². The summed E-state index contributed by atoms with van der Waals surface area (Å²) in [6, 6.07) is 23.4. The predicted octanol–water partition coefficient (Wildman–Crippen LogP) is 4.81. The molecular weight excluding hydrogens is 350 g/mol. The van der Waals surface area contributed by atoms with E-state index in [1.165, 1.54) is 0 Å². The Labute approximate surface area is 158 Å². The lowest BCUT2D eigenvalue weighted by Crippen LogP contribution is -2.06. The van der Waals surface area contributed by atoms with E-state index in [1.807, 2.05) is 77.2 Å². The third-order valence-corrected chi connectivity index (χ3v) is 5.12. The molecule has 5 nitrogen and oxygen atoms in total. The lowest BCUT2D eigenvalue weighted by Gasteiger charge is -2.08. The van der Waals surface area contributed by atoms with Crippen molar-refractivity contribution < 1.29 is 4.42 Å². The number of aromatic nitrogens is 3. The van der Waals surface area contributed by atoms with Crippen LogP contribution in [0.25, 0.3) is 49.8 Å². The molecule has 0 unspecified atom stereocenters. The van der Waals surface area contributed by atoms with Crippen molar-refractivity contribution in [3.63, 3.8) is 0 Å². The second-order valence-corrected chi connectivity index (χ2v) is 6.71. The highest BCUT2D eigenvalue weighted by Gasteiger charge is 2.15. The second-order valence-electron chi connectivity index (χ2n) is 6.71. The monoisotopic (exact) mass is 363 g/mol. The van der Waals surface area contributed by atoms with E-state index in [9.17, 15) is 4.79 Å². The molecule has 0 radical (unpaired) electrons. The summed E-state index contributed by atoms with van der Waals surface area (Å²) in [6.45, 7) is 0. The third kappa shape index (κ3) is 2.04. The first-order chi connectivity index (χ1) is 13.8. The first-order valence-corrected chi connectivity index (χ1v) is 8.98. The molecule has 3 aromatic carbocycles. The standard InChI is InChI=1S/C23H13N3O2/c27-22-17(13-16-15-6-2-1-5-14(15)9-10-21(16)28-22)19-11-12-24-23-25-18-7-3-4-8-20(18)26(19)23/h1-13H. The zero-order valence-corrected chi connectivity index (χ0v) is 14.7. The van der Waals surface area contributed by atoms with Crippen molar-refractivity contribution in [2.75, 3.05) is 0 Å². The highest BCUT2D eigenvalue weighted by atomic mass is 16.4. The van der Waals surface area contributed by atoms with Crippen molar-refractivity contribution >= 4 is 38.6 Å². The van der Waals surface area contributed by atoms with Crippen molar-refractivity contribution in [1.82, 2.24) is 14.4 Å². The maximum absolute atomic E-state index is 12.9. The number of rotatable bonds is 1. The van der Waals surface area contributed by atoms with Crippen molar-refractivity contribution in [3.8, 4) is 11.3 Å². The van der Waals surface area contributed by atoms with Crippen LogP contribution >= 0.6 is 0 Å². The zero-order chi connectivity index (χ0) is 18.7. The van der Waals surface area contributed by atoms with Gasteiger partial charge in [0.25, 0.3) is 0 Å². The van der Waals surface area contributed by atoms with E-state index in [-0.39, 0.29) is 5.63 Å². The van der Waals surface area contributed by atoms with Gasteiger partial charge in [-0.2, -0.15) is 0 Å². The molecule has 28 heavy (non-hydrogen) atoms. The van der Waals surface area contributed by atoms with Crippen molar-refractivity contribution in [2.24, 2.45) is 0 Å². The van der Waals surface area contributed by atoms with Crippen LogP contribution in [0.5, 0.6) is 0 Å². The van der Waals surface area contributed by atoms with Crippen LogP contribution in [0.15, 0.2) is 88.2 Å². The first-order valence-electron chi connectivity index (χ1n) is 8.98. The Kier molecular flexibility index (Phi) is 2.97. The van der Waals surface area contributed by atoms with E-state index in [4.69, 9.17) is 4.42 Å². The minimum absolute atomic E-state index is 0.381. The van der Waals surface area contributed by atoms with Gasteiger partial charge in [0.15, 0.2) is 0 Å². The smallest absolute Gasteiger partial charge is 0.345 e. The van der Waals surface area contributed by atoms with E-state index < -0.39 is 0 Å². The van der Waals surface area contributed by atoms with Crippen LogP contribution in [0.4, 0.5) is 0 Å². The van der Waals surface area contributed by atoms with E-state index in [0.717, 1.165) is 27.2 Å². The molecule has 6 aromatic rings. The van der Waals surface area contributed by atoms with Gasteiger partial charge in [-0.15, -0.1) is 0 Å². The number of imidazole rings is 1. The molecule has 0 aliphatic heterocycles. The fourth-order valence-electron chi connectivity index (χ4n) is 3.85. The molecule has 0 aliphatic rings. The summed E-state index contributed by atoms with van der Waals surface area (Å²) in [4.78, 5) is 21.8. The fourth-order valence-corrected chi connectivity index (χ4v) is 3.85. The molecule has 0 atom stereocenters. The number of hydrogen-bond acceptors (Lipinski definition) is 4. The molecule has 0 spiro atoms. The van der Waals surface area contributed by atoms with Crippen LogP contribution in [0, 0.1) is 0 Å². The predicted molar refractivity (Wildman–Crippen MR) is 109 cm³/mol. The van der Waals surface area contributed by atoms with Gasteiger partial charge in [0.05, 0.1) is 22.3 Å². The molecule has 0 saturated heterocycles. The van der Waals surface area contributed by atoms with Gasteiger partial charge in [-0.3, -0.25) is 4.40 Å². The Morgan fingerprint density at radius 2 is 1.71 bits per heavy atom. The Morgan fingerprint density at radius 3 is 2.68 bits per heavy atom. The average molecular weight is 363 g/mol. The summed E-state index contributed by atoms with van der Waals surface area (Å²) in [5.74, 6) is 0.552. The Bertz CT molecular complexity index is 1590. The van der Waals surface area contributed by atoms with Crippen LogP contribution in [0.2, 0.25) is 0 Å². The molecule has 6 rings (SSSR count). The van der Waals surface area contributed by atoms with Crippen LogP contribution in [0.3, 0.4) is 0 Å². The van der Waals surface area contributed by atoms with Gasteiger partial charge in [0, 0.05) is 11.6 Å². The quantitative estimate of drug-likeness (QED) is 0.311. The van der Waals surface area contributed by atoms with Gasteiger partial charge < -0.3 is 4.42 Å². The normalized spacial score (nSPS) is 11.7. The van der Waals surface area contributed by atoms with Gasteiger partial charge in [0.1, 0.15) is 5.58 Å². The second kappa shape index (κ2) is 5.50. The number of fused-ring (bicyclic) bond motifs is 6. The topological polar surface area (TPSA) is 60.4 Å². The number of hydrogen-bond donors (Lipinski definition) is 0. The van der Waals surface area contributed by atoms with Gasteiger partial charge in [-0.1, -0.05) is 42.5 Å². The van der Waals surface area contributed by atoms with Crippen LogP contribution in [-0.2, 0) is 0 Å². The summed E-state index contributed by atoms with van der Waals surface area (Å²) < 4.78 is 7.58. The Balaban J connectivity index is 1.77. The summed E-state index contributed by atoms with van der Waals surface area (Å²) >= 11 is 0. The van der Waals surface area contributed by atoms with E-state index in [2.05, 4.69) is 9.97 Å². The number of nitrogens with zero attached hydrogens (tertiary/aromatic N) is 3. The summed E-state index contributed by atoms with van der Waals surface area (Å²) in [5.41, 5.74) is 3.12. The minimum Gasteiger partial charge on any atom is -0.422 e. The van der Waals surface area contributed by atoms with Gasteiger partial charge in [0.2, 0.25) is 5.78 Å². The highest BCUT2D eigenvalue weighted by Crippen LogP contribution is 2.29. The molecule has 5 heteroatoms.